The molecule has 1 saturated heterocycles. The summed E-state index contributed by atoms with van der Waals surface area (Å²) in [5, 5.41) is 21.9. The van der Waals surface area contributed by atoms with Crippen LogP contribution in [0, 0.1) is 5.92 Å². The number of hydrogen-bond acceptors (Lipinski definition) is 6. The molecule has 1 amide bonds. The second-order valence-corrected chi connectivity index (χ2v) is 7.88. The smallest absolute Gasteiger partial charge is 0.276 e. The number of nitrogens with one attached hydrogen (secondary N) is 2. The van der Waals surface area contributed by atoms with Crippen LogP contribution in [0.2, 0.25) is 0 Å². The Labute approximate surface area is 179 Å². The van der Waals surface area contributed by atoms with E-state index in [1.54, 1.807) is 24.3 Å². The maximum atomic E-state index is 12.5. The number of fused-ring (bicyclic) bond motifs is 1. The van der Waals surface area contributed by atoms with Gasteiger partial charge in [-0.25, -0.2) is 0 Å². The summed E-state index contributed by atoms with van der Waals surface area (Å²) in [7, 11) is 0. The molecule has 31 heavy (non-hydrogen) atoms. The average molecular weight is 413 g/mol. The molecule has 156 valence electrons. The number of amides is 1. The van der Waals surface area contributed by atoms with Gasteiger partial charge in [0.1, 0.15) is 11.0 Å². The van der Waals surface area contributed by atoms with E-state index in [0.29, 0.717) is 17.1 Å². The Kier molecular flexibility index (Phi) is 5.26. The van der Waals surface area contributed by atoms with Gasteiger partial charge in [-0.1, -0.05) is 30.3 Å². The summed E-state index contributed by atoms with van der Waals surface area (Å²) in [6.45, 7) is 1.91. The Balaban J connectivity index is 1.17. The molecule has 0 unspecified atom stereocenters. The van der Waals surface area contributed by atoms with Crippen molar-refractivity contribution in [1.29, 1.82) is 0 Å². The molecule has 0 saturated carbocycles. The van der Waals surface area contributed by atoms with Crippen molar-refractivity contribution in [1.82, 2.24) is 25.6 Å². The van der Waals surface area contributed by atoms with Crippen LogP contribution in [0.1, 0.15) is 28.9 Å². The van der Waals surface area contributed by atoms with Crippen LogP contribution < -0.4 is 10.2 Å². The number of aromatic amines is 1. The van der Waals surface area contributed by atoms with Crippen molar-refractivity contribution in [3.05, 3.63) is 71.9 Å². The van der Waals surface area contributed by atoms with Crippen molar-refractivity contribution >= 4 is 28.4 Å². The Bertz CT molecular complexity index is 1170. The molecule has 0 spiro atoms. The number of aromatic nitrogens is 5. The maximum absolute atomic E-state index is 12.5. The van der Waals surface area contributed by atoms with Crippen LogP contribution in [-0.4, -0.2) is 44.6 Å². The molecule has 0 radical (unpaired) electrons. The summed E-state index contributed by atoms with van der Waals surface area (Å²) in [4.78, 5) is 14.8. The number of hydrogen-bond donors (Lipinski definition) is 2. The minimum atomic E-state index is -0.302. The fraction of sp³-hybridized carbons (Fsp3) is 0.261. The van der Waals surface area contributed by atoms with E-state index in [0.717, 1.165) is 43.7 Å². The molecule has 1 aliphatic heterocycles. The van der Waals surface area contributed by atoms with Gasteiger partial charge in [0.05, 0.1) is 0 Å². The Hall–Kier alpha value is -3.81. The molecule has 0 bridgehead atoms. The topological polar surface area (TPSA) is 99.7 Å². The molecule has 1 aliphatic rings. The lowest BCUT2D eigenvalue weighted by Gasteiger charge is -2.32. The van der Waals surface area contributed by atoms with Gasteiger partial charge in [0, 0.05) is 18.8 Å². The van der Waals surface area contributed by atoms with Gasteiger partial charge >= 0.3 is 0 Å². The number of nitrogens with zero attached hydrogens (tertiary/aromatic N) is 5. The second kappa shape index (κ2) is 8.51. The van der Waals surface area contributed by atoms with Gasteiger partial charge in [0.2, 0.25) is 0 Å². The third-order valence-corrected chi connectivity index (χ3v) is 5.76. The predicted molar refractivity (Wildman–Crippen MR) is 119 cm³/mol. The molecule has 5 rings (SSSR count). The highest BCUT2D eigenvalue weighted by atomic mass is 16.1. The van der Waals surface area contributed by atoms with Crippen LogP contribution in [0.5, 0.6) is 0 Å². The molecular formula is C23H23N7O. The van der Waals surface area contributed by atoms with Crippen LogP contribution in [0.15, 0.2) is 60.7 Å². The number of piperidine rings is 1. The zero-order chi connectivity index (χ0) is 21.0. The lowest BCUT2D eigenvalue weighted by molar-refractivity contribution is 0.102. The standard InChI is InChI=1S/C23H23N7O/c31-23(24-18-6-7-19-21(15-18)27-29-26-19)20-8-9-22(28-25-20)30-12-10-17(11-13-30)14-16-4-2-1-3-5-16/h1-9,15,17H,10-14H2,(H,24,31)(H,26,27,29). The van der Waals surface area contributed by atoms with E-state index in [9.17, 15) is 4.79 Å². The molecule has 0 aliphatic carbocycles. The van der Waals surface area contributed by atoms with E-state index in [2.05, 4.69) is 66.2 Å². The van der Waals surface area contributed by atoms with Gasteiger partial charge in [-0.3, -0.25) is 4.79 Å². The van der Waals surface area contributed by atoms with Gasteiger partial charge in [0.15, 0.2) is 11.5 Å². The molecule has 3 heterocycles. The fourth-order valence-electron chi connectivity index (χ4n) is 4.04. The van der Waals surface area contributed by atoms with Gasteiger partial charge in [-0.05, 0) is 61.1 Å². The van der Waals surface area contributed by atoms with E-state index < -0.39 is 0 Å². The zero-order valence-corrected chi connectivity index (χ0v) is 17.0. The summed E-state index contributed by atoms with van der Waals surface area (Å²) in [6.07, 6.45) is 3.38. The average Bonchev–Trinajstić information content (AvgIpc) is 3.28. The normalized spacial score (nSPS) is 14.6. The van der Waals surface area contributed by atoms with Crippen molar-refractivity contribution in [2.75, 3.05) is 23.3 Å². The van der Waals surface area contributed by atoms with Crippen LogP contribution in [0.4, 0.5) is 11.5 Å². The van der Waals surface area contributed by atoms with Crippen LogP contribution in [-0.2, 0) is 6.42 Å². The van der Waals surface area contributed by atoms with E-state index >= 15 is 0 Å². The largest absolute Gasteiger partial charge is 0.355 e. The Morgan fingerprint density at radius 1 is 0.968 bits per heavy atom. The first kappa shape index (κ1) is 19.2. The highest BCUT2D eigenvalue weighted by Gasteiger charge is 2.21. The lowest BCUT2D eigenvalue weighted by Crippen LogP contribution is -2.35. The number of carbonyl (C=O) groups excluding carboxylic acids is 1. The number of carbonyl (C=O) groups is 1. The van der Waals surface area contributed by atoms with Crippen LogP contribution in [0.3, 0.4) is 0 Å². The van der Waals surface area contributed by atoms with Gasteiger partial charge < -0.3 is 10.2 Å². The number of H-pyrrole nitrogens is 1. The molecule has 8 nitrogen and oxygen atoms in total. The lowest BCUT2D eigenvalue weighted by atomic mass is 9.90. The zero-order valence-electron chi connectivity index (χ0n) is 17.0. The Morgan fingerprint density at radius 3 is 2.55 bits per heavy atom. The summed E-state index contributed by atoms with van der Waals surface area (Å²) in [6, 6.07) is 19.6. The molecule has 2 aromatic carbocycles. The number of rotatable bonds is 5. The Morgan fingerprint density at radius 2 is 1.77 bits per heavy atom. The second-order valence-electron chi connectivity index (χ2n) is 7.88. The summed E-state index contributed by atoms with van der Waals surface area (Å²) in [5.74, 6) is 1.21. The predicted octanol–water partition coefficient (Wildman–Crippen LogP) is 3.46. The third kappa shape index (κ3) is 4.37. The van der Waals surface area contributed by atoms with Crippen LogP contribution >= 0.6 is 0 Å². The molecule has 0 atom stereocenters. The highest BCUT2D eigenvalue weighted by molar-refractivity contribution is 6.03. The molecule has 2 aromatic heterocycles. The highest BCUT2D eigenvalue weighted by Crippen LogP contribution is 2.24. The maximum Gasteiger partial charge on any atom is 0.276 e. The molecule has 1 fully saturated rings. The molecular weight excluding hydrogens is 390 g/mol. The van der Waals surface area contributed by atoms with Crippen molar-refractivity contribution in [3.8, 4) is 0 Å². The third-order valence-electron chi connectivity index (χ3n) is 5.76. The first-order chi connectivity index (χ1) is 15.2. The molecule has 2 N–H and O–H groups in total. The number of anilines is 2. The summed E-state index contributed by atoms with van der Waals surface area (Å²) < 4.78 is 0. The van der Waals surface area contributed by atoms with Crippen molar-refractivity contribution < 1.29 is 4.79 Å². The fourth-order valence-corrected chi connectivity index (χ4v) is 4.04. The van der Waals surface area contributed by atoms with Gasteiger partial charge in [0.25, 0.3) is 5.91 Å². The first-order valence-electron chi connectivity index (χ1n) is 10.5. The summed E-state index contributed by atoms with van der Waals surface area (Å²) >= 11 is 0. The quantitative estimate of drug-likeness (QED) is 0.520. The van der Waals surface area contributed by atoms with E-state index in [1.807, 2.05) is 6.07 Å². The minimum Gasteiger partial charge on any atom is -0.355 e. The van der Waals surface area contributed by atoms with E-state index in [1.165, 1.54) is 5.56 Å². The van der Waals surface area contributed by atoms with Crippen molar-refractivity contribution in [2.45, 2.75) is 19.3 Å². The summed E-state index contributed by atoms with van der Waals surface area (Å²) in [5.41, 5.74) is 3.75. The first-order valence-corrected chi connectivity index (χ1v) is 10.5. The van der Waals surface area contributed by atoms with E-state index in [-0.39, 0.29) is 11.6 Å². The van der Waals surface area contributed by atoms with Crippen molar-refractivity contribution in [2.24, 2.45) is 5.92 Å². The van der Waals surface area contributed by atoms with E-state index in [4.69, 9.17) is 0 Å². The molecule has 8 heteroatoms. The SMILES string of the molecule is O=C(Nc1ccc2n[nH]nc2c1)c1ccc(N2CCC(Cc3ccccc3)CC2)nn1. The number of benzene rings is 2. The monoisotopic (exact) mass is 413 g/mol. The van der Waals surface area contributed by atoms with Gasteiger partial charge in [-0.2, -0.15) is 15.4 Å². The van der Waals surface area contributed by atoms with Crippen LogP contribution in [0.25, 0.3) is 11.0 Å². The molecule has 4 aromatic rings. The van der Waals surface area contributed by atoms with Crippen molar-refractivity contribution in [3.63, 3.8) is 0 Å². The minimum absolute atomic E-state index is 0.281. The van der Waals surface area contributed by atoms with Gasteiger partial charge in [-0.15, -0.1) is 10.2 Å².